The van der Waals surface area contributed by atoms with Gasteiger partial charge in [-0.1, -0.05) is 41.4 Å². The molecular formula is C22H18Cl2N4O2. The summed E-state index contributed by atoms with van der Waals surface area (Å²) in [6.07, 6.45) is 3.25. The van der Waals surface area contributed by atoms with Crippen molar-refractivity contribution in [2.75, 3.05) is 0 Å². The van der Waals surface area contributed by atoms with Gasteiger partial charge in [-0.3, -0.25) is 9.36 Å². The molecular weight excluding hydrogens is 423 g/mol. The summed E-state index contributed by atoms with van der Waals surface area (Å²) in [4.78, 5) is 31.1. The molecule has 8 heteroatoms. The standard InChI is InChI=1S/C22H18Cl2N4O2/c1-13-3-2-4-16(9-13)27-20-19(21(29)28(22(27)30)15-6-7-15)26(12-25-20)11-14-5-8-17(23)18(24)10-14/h2-5,8-10,12,15H,6-7,11H2,1H3. The maximum absolute atomic E-state index is 13.3. The highest BCUT2D eigenvalue weighted by Crippen LogP contribution is 2.33. The predicted octanol–water partition coefficient (Wildman–Crippen LogP) is 4.35. The third kappa shape index (κ3) is 3.16. The molecule has 1 saturated carbocycles. The lowest BCUT2D eigenvalue weighted by molar-refractivity contribution is 0.639. The fraction of sp³-hybridized carbons (Fsp3) is 0.227. The van der Waals surface area contributed by atoms with Crippen LogP contribution < -0.4 is 11.2 Å². The Morgan fingerprint density at radius 3 is 2.57 bits per heavy atom. The highest BCUT2D eigenvalue weighted by Gasteiger charge is 2.30. The van der Waals surface area contributed by atoms with E-state index in [4.69, 9.17) is 23.2 Å². The van der Waals surface area contributed by atoms with Crippen molar-refractivity contribution in [2.24, 2.45) is 0 Å². The van der Waals surface area contributed by atoms with E-state index in [0.29, 0.717) is 33.4 Å². The quantitative estimate of drug-likeness (QED) is 0.473. The lowest BCUT2D eigenvalue weighted by atomic mass is 10.2. The van der Waals surface area contributed by atoms with Crippen molar-refractivity contribution in [3.05, 3.63) is 90.8 Å². The summed E-state index contributed by atoms with van der Waals surface area (Å²) >= 11 is 12.2. The van der Waals surface area contributed by atoms with Gasteiger partial charge in [0.15, 0.2) is 11.2 Å². The Morgan fingerprint density at radius 2 is 1.87 bits per heavy atom. The van der Waals surface area contributed by atoms with E-state index >= 15 is 0 Å². The van der Waals surface area contributed by atoms with Crippen molar-refractivity contribution in [1.29, 1.82) is 0 Å². The zero-order valence-corrected chi connectivity index (χ0v) is 17.7. The molecule has 0 N–H and O–H groups in total. The van der Waals surface area contributed by atoms with Gasteiger partial charge in [-0.2, -0.15) is 0 Å². The number of rotatable bonds is 4. The number of imidazole rings is 1. The lowest BCUT2D eigenvalue weighted by Crippen LogP contribution is -2.39. The molecule has 0 bridgehead atoms. The lowest BCUT2D eigenvalue weighted by Gasteiger charge is -2.13. The minimum absolute atomic E-state index is 0.0567. The van der Waals surface area contributed by atoms with Crippen LogP contribution in [0, 0.1) is 6.92 Å². The Labute approximate surface area is 181 Å². The second-order valence-corrected chi connectivity index (χ2v) is 8.47. The number of benzene rings is 2. The van der Waals surface area contributed by atoms with Crippen LogP contribution in [0.15, 0.2) is 58.4 Å². The Kier molecular flexibility index (Phi) is 4.56. The van der Waals surface area contributed by atoms with Crippen LogP contribution in [0.25, 0.3) is 16.9 Å². The molecule has 2 aromatic carbocycles. The molecule has 0 aliphatic heterocycles. The van der Waals surface area contributed by atoms with E-state index in [0.717, 1.165) is 24.0 Å². The normalized spacial score (nSPS) is 13.8. The van der Waals surface area contributed by atoms with Crippen LogP contribution in [0.4, 0.5) is 0 Å². The summed E-state index contributed by atoms with van der Waals surface area (Å²) in [5, 5.41) is 0.922. The van der Waals surface area contributed by atoms with Crippen molar-refractivity contribution in [3.63, 3.8) is 0 Å². The molecule has 0 saturated heterocycles. The van der Waals surface area contributed by atoms with E-state index in [1.54, 1.807) is 23.0 Å². The van der Waals surface area contributed by atoms with Crippen LogP contribution in [-0.2, 0) is 6.54 Å². The molecule has 0 unspecified atom stereocenters. The zero-order valence-electron chi connectivity index (χ0n) is 16.2. The highest BCUT2D eigenvalue weighted by molar-refractivity contribution is 6.42. The Balaban J connectivity index is 1.76. The van der Waals surface area contributed by atoms with E-state index < -0.39 is 0 Å². The van der Waals surface area contributed by atoms with Gasteiger partial charge >= 0.3 is 5.69 Å². The van der Waals surface area contributed by atoms with Crippen LogP contribution in [0.2, 0.25) is 10.0 Å². The predicted molar refractivity (Wildman–Crippen MR) is 118 cm³/mol. The summed E-state index contributed by atoms with van der Waals surface area (Å²) < 4.78 is 4.67. The Morgan fingerprint density at radius 1 is 1.07 bits per heavy atom. The third-order valence-electron chi connectivity index (χ3n) is 5.36. The van der Waals surface area contributed by atoms with E-state index in [-0.39, 0.29) is 17.3 Å². The SMILES string of the molecule is Cc1cccc(-n2c(=O)n(C3CC3)c(=O)c3c2ncn3Cc2ccc(Cl)c(Cl)c2)c1. The van der Waals surface area contributed by atoms with Gasteiger partial charge < -0.3 is 4.57 Å². The molecule has 4 aromatic rings. The van der Waals surface area contributed by atoms with Crippen LogP contribution >= 0.6 is 23.2 Å². The zero-order chi connectivity index (χ0) is 21.0. The minimum atomic E-state index is -0.347. The molecule has 0 amide bonds. The van der Waals surface area contributed by atoms with Crippen molar-refractivity contribution in [3.8, 4) is 5.69 Å². The smallest absolute Gasteiger partial charge is 0.320 e. The average molecular weight is 441 g/mol. The molecule has 2 aromatic heterocycles. The van der Waals surface area contributed by atoms with Gasteiger partial charge in [-0.15, -0.1) is 0 Å². The fourth-order valence-electron chi connectivity index (χ4n) is 3.76. The molecule has 30 heavy (non-hydrogen) atoms. The van der Waals surface area contributed by atoms with Crippen LogP contribution in [0.3, 0.4) is 0 Å². The van der Waals surface area contributed by atoms with Gasteiger partial charge in [-0.05, 0) is 55.2 Å². The van der Waals surface area contributed by atoms with Gasteiger partial charge in [-0.25, -0.2) is 14.3 Å². The van der Waals surface area contributed by atoms with E-state index in [1.165, 1.54) is 9.13 Å². The number of aryl methyl sites for hydroxylation is 1. The highest BCUT2D eigenvalue weighted by atomic mass is 35.5. The van der Waals surface area contributed by atoms with Crippen molar-refractivity contribution in [2.45, 2.75) is 32.4 Å². The van der Waals surface area contributed by atoms with Crippen LogP contribution in [0.1, 0.15) is 30.0 Å². The second-order valence-electron chi connectivity index (χ2n) is 7.66. The number of halogens is 2. The van der Waals surface area contributed by atoms with Crippen LogP contribution in [-0.4, -0.2) is 18.7 Å². The molecule has 0 atom stereocenters. The topological polar surface area (TPSA) is 61.8 Å². The van der Waals surface area contributed by atoms with Gasteiger partial charge in [0.25, 0.3) is 5.56 Å². The summed E-state index contributed by atoms with van der Waals surface area (Å²) in [6.45, 7) is 2.35. The van der Waals surface area contributed by atoms with Crippen LogP contribution in [0.5, 0.6) is 0 Å². The summed E-state index contributed by atoms with van der Waals surface area (Å²) in [5.74, 6) is 0. The maximum Gasteiger partial charge on any atom is 0.337 e. The Bertz CT molecular complexity index is 1410. The summed E-state index contributed by atoms with van der Waals surface area (Å²) in [7, 11) is 0. The molecule has 2 heterocycles. The first kappa shape index (κ1) is 19.2. The number of hydrogen-bond donors (Lipinski definition) is 0. The maximum atomic E-state index is 13.3. The molecule has 1 fully saturated rings. The third-order valence-corrected chi connectivity index (χ3v) is 6.10. The molecule has 1 aliphatic rings. The molecule has 5 rings (SSSR count). The first-order chi connectivity index (χ1) is 14.4. The van der Waals surface area contributed by atoms with Crippen molar-refractivity contribution < 1.29 is 0 Å². The molecule has 152 valence electrons. The largest absolute Gasteiger partial charge is 0.337 e. The number of nitrogens with zero attached hydrogens (tertiary/aromatic N) is 4. The number of hydrogen-bond acceptors (Lipinski definition) is 3. The van der Waals surface area contributed by atoms with Gasteiger partial charge in [0.05, 0.1) is 22.1 Å². The monoisotopic (exact) mass is 440 g/mol. The van der Waals surface area contributed by atoms with Crippen molar-refractivity contribution >= 4 is 34.4 Å². The van der Waals surface area contributed by atoms with E-state index in [2.05, 4.69) is 4.98 Å². The average Bonchev–Trinajstić information content (AvgIpc) is 3.45. The van der Waals surface area contributed by atoms with Gasteiger partial charge in [0.1, 0.15) is 0 Å². The first-order valence-electron chi connectivity index (χ1n) is 9.67. The fourth-order valence-corrected chi connectivity index (χ4v) is 4.08. The molecule has 6 nitrogen and oxygen atoms in total. The number of fused-ring (bicyclic) bond motifs is 1. The van der Waals surface area contributed by atoms with Gasteiger partial charge in [0, 0.05) is 12.6 Å². The molecule has 1 aliphatic carbocycles. The summed E-state index contributed by atoms with van der Waals surface area (Å²) in [6, 6.07) is 12.9. The minimum Gasteiger partial charge on any atom is -0.320 e. The number of aromatic nitrogens is 4. The molecule has 0 radical (unpaired) electrons. The molecule has 0 spiro atoms. The van der Waals surface area contributed by atoms with E-state index in [1.807, 2.05) is 37.3 Å². The summed E-state index contributed by atoms with van der Waals surface area (Å²) in [5.41, 5.74) is 2.70. The van der Waals surface area contributed by atoms with Gasteiger partial charge in [0.2, 0.25) is 0 Å². The first-order valence-corrected chi connectivity index (χ1v) is 10.4. The van der Waals surface area contributed by atoms with E-state index in [9.17, 15) is 9.59 Å². The Hall–Kier alpha value is -2.83. The van der Waals surface area contributed by atoms with Crippen molar-refractivity contribution in [1.82, 2.24) is 18.7 Å². The second kappa shape index (κ2) is 7.15.